The molecule has 32 heavy (non-hydrogen) atoms. The Morgan fingerprint density at radius 1 is 0.906 bits per heavy atom. The van der Waals surface area contributed by atoms with E-state index in [0.29, 0.717) is 0 Å². The number of carbonyl (C=O) groups is 1. The van der Waals surface area contributed by atoms with Gasteiger partial charge in [-0.25, -0.2) is 8.42 Å². The van der Waals surface area contributed by atoms with Crippen molar-refractivity contribution in [1.29, 1.82) is 0 Å². The lowest BCUT2D eigenvalue weighted by molar-refractivity contribution is -0.137. The van der Waals surface area contributed by atoms with Crippen molar-refractivity contribution in [3.63, 3.8) is 0 Å². The first-order chi connectivity index (χ1) is 15.0. The molecule has 1 amide bonds. The third-order valence-corrected chi connectivity index (χ3v) is 6.48. The molecule has 0 aliphatic carbocycles. The van der Waals surface area contributed by atoms with E-state index in [2.05, 4.69) is 5.32 Å². The van der Waals surface area contributed by atoms with E-state index in [-0.39, 0.29) is 20.6 Å². The molecule has 0 heterocycles. The van der Waals surface area contributed by atoms with E-state index in [4.69, 9.17) is 23.2 Å². The quantitative estimate of drug-likeness (QED) is 0.459. The molecule has 0 radical (unpaired) electrons. The Kier molecular flexibility index (Phi) is 7.02. The number of anilines is 2. The minimum atomic E-state index is -4.71. The van der Waals surface area contributed by atoms with E-state index in [1.54, 1.807) is 6.07 Å². The summed E-state index contributed by atoms with van der Waals surface area (Å²) >= 11 is 12.0. The normalized spacial score (nSPS) is 11.8. The molecule has 168 valence electrons. The van der Waals surface area contributed by atoms with Crippen LogP contribution in [0.25, 0.3) is 0 Å². The number of rotatable bonds is 6. The number of halogens is 5. The summed E-state index contributed by atoms with van der Waals surface area (Å²) < 4.78 is 66.9. The number of carbonyl (C=O) groups excluding carboxylic acids is 1. The highest BCUT2D eigenvalue weighted by Gasteiger charge is 2.34. The van der Waals surface area contributed by atoms with Crippen LogP contribution in [0.2, 0.25) is 10.0 Å². The summed E-state index contributed by atoms with van der Waals surface area (Å²) in [7, 11) is -4.28. The molecule has 1 N–H and O–H groups in total. The minimum Gasteiger partial charge on any atom is -0.324 e. The number of nitrogens with zero attached hydrogens (tertiary/aromatic N) is 1. The molecule has 11 heteroatoms. The zero-order valence-corrected chi connectivity index (χ0v) is 18.4. The number of hydrogen-bond acceptors (Lipinski definition) is 3. The van der Waals surface area contributed by atoms with Crippen LogP contribution in [-0.4, -0.2) is 20.9 Å². The number of amides is 1. The largest absolute Gasteiger partial charge is 0.418 e. The van der Waals surface area contributed by atoms with Crippen LogP contribution in [0, 0.1) is 0 Å². The van der Waals surface area contributed by atoms with Gasteiger partial charge in [0.05, 0.1) is 21.8 Å². The van der Waals surface area contributed by atoms with Gasteiger partial charge in [-0.3, -0.25) is 9.10 Å². The van der Waals surface area contributed by atoms with Crippen LogP contribution in [0.4, 0.5) is 24.5 Å². The van der Waals surface area contributed by atoms with Crippen LogP contribution in [0.15, 0.2) is 77.7 Å². The highest BCUT2D eigenvalue weighted by atomic mass is 35.5. The van der Waals surface area contributed by atoms with Crippen LogP contribution >= 0.6 is 23.2 Å². The summed E-state index contributed by atoms with van der Waals surface area (Å²) in [4.78, 5) is 12.5. The topological polar surface area (TPSA) is 66.5 Å². The van der Waals surface area contributed by atoms with E-state index in [1.165, 1.54) is 54.6 Å². The minimum absolute atomic E-state index is 0.0226. The first-order valence-electron chi connectivity index (χ1n) is 8.98. The fourth-order valence-corrected chi connectivity index (χ4v) is 4.82. The molecular formula is C21H15Cl2F3N2O3S. The average Bonchev–Trinajstić information content (AvgIpc) is 2.71. The Balaban J connectivity index is 2.00. The average molecular weight is 503 g/mol. The highest BCUT2D eigenvalue weighted by Crippen LogP contribution is 2.35. The third kappa shape index (κ3) is 5.53. The molecule has 0 unspecified atom stereocenters. The van der Waals surface area contributed by atoms with E-state index in [1.807, 2.05) is 0 Å². The Labute approximate surface area is 192 Å². The van der Waals surface area contributed by atoms with E-state index >= 15 is 0 Å². The van der Waals surface area contributed by atoms with Gasteiger partial charge in [-0.1, -0.05) is 53.5 Å². The summed E-state index contributed by atoms with van der Waals surface area (Å²) in [5, 5.41) is 2.37. The molecule has 0 fully saturated rings. The van der Waals surface area contributed by atoms with Gasteiger partial charge in [-0.2, -0.15) is 13.2 Å². The number of nitrogens with one attached hydrogen (secondary N) is 1. The predicted molar refractivity (Wildman–Crippen MR) is 118 cm³/mol. The van der Waals surface area contributed by atoms with Gasteiger partial charge in [0.15, 0.2) is 0 Å². The summed E-state index contributed by atoms with van der Waals surface area (Å²) in [6, 6.07) is 15.6. The Bertz CT molecular complexity index is 1220. The van der Waals surface area contributed by atoms with Crippen molar-refractivity contribution in [2.24, 2.45) is 0 Å². The number of hydrogen-bond donors (Lipinski definition) is 1. The third-order valence-electron chi connectivity index (χ3n) is 4.26. The molecule has 5 nitrogen and oxygen atoms in total. The van der Waals surface area contributed by atoms with Crippen LogP contribution in [0.3, 0.4) is 0 Å². The van der Waals surface area contributed by atoms with Gasteiger partial charge < -0.3 is 5.32 Å². The summed E-state index contributed by atoms with van der Waals surface area (Å²) in [5.74, 6) is -0.989. The molecule has 0 aliphatic rings. The van der Waals surface area contributed by atoms with Gasteiger partial charge >= 0.3 is 6.18 Å². The van der Waals surface area contributed by atoms with Crippen molar-refractivity contribution < 1.29 is 26.4 Å². The van der Waals surface area contributed by atoms with Crippen LogP contribution in [0.1, 0.15) is 5.56 Å². The number of alkyl halides is 3. The van der Waals surface area contributed by atoms with Crippen LogP contribution < -0.4 is 9.62 Å². The first kappa shape index (κ1) is 23.9. The summed E-state index contributed by atoms with van der Waals surface area (Å²) in [5.41, 5.74) is -1.58. The lowest BCUT2D eigenvalue weighted by atomic mass is 10.1. The van der Waals surface area contributed by atoms with Crippen LogP contribution in [-0.2, 0) is 21.0 Å². The van der Waals surface area contributed by atoms with Crippen molar-refractivity contribution >= 4 is 50.5 Å². The number of benzene rings is 3. The van der Waals surface area contributed by atoms with Gasteiger partial charge in [0.25, 0.3) is 10.0 Å². The van der Waals surface area contributed by atoms with Crippen molar-refractivity contribution in [1.82, 2.24) is 0 Å². The molecule has 0 bridgehead atoms. The van der Waals surface area contributed by atoms with Gasteiger partial charge in [0, 0.05) is 10.0 Å². The maximum atomic E-state index is 13.2. The predicted octanol–water partition coefficient (Wildman–Crippen LogP) is 5.85. The lowest BCUT2D eigenvalue weighted by Gasteiger charge is -2.25. The molecule has 0 aromatic heterocycles. The summed E-state index contributed by atoms with van der Waals surface area (Å²) in [6.07, 6.45) is -4.71. The highest BCUT2D eigenvalue weighted by molar-refractivity contribution is 7.92. The molecule has 0 spiro atoms. The maximum absolute atomic E-state index is 13.2. The molecule has 0 atom stereocenters. The van der Waals surface area contributed by atoms with E-state index in [9.17, 15) is 26.4 Å². The van der Waals surface area contributed by atoms with Crippen LogP contribution in [0.5, 0.6) is 0 Å². The van der Waals surface area contributed by atoms with Gasteiger partial charge in [-0.15, -0.1) is 0 Å². The van der Waals surface area contributed by atoms with Crippen molar-refractivity contribution in [3.8, 4) is 0 Å². The second kappa shape index (κ2) is 9.40. The Hall–Kier alpha value is -2.75. The fraction of sp³-hybridized carbons (Fsp3) is 0.0952. The molecule has 0 aliphatic heterocycles. The molecule has 3 aromatic carbocycles. The number of sulfonamides is 1. The molecule has 3 rings (SSSR count). The zero-order chi connectivity index (χ0) is 23.5. The second-order valence-electron chi connectivity index (χ2n) is 6.54. The van der Waals surface area contributed by atoms with E-state index in [0.717, 1.165) is 16.4 Å². The van der Waals surface area contributed by atoms with Gasteiger partial charge in [-0.05, 0) is 42.5 Å². The first-order valence-corrected chi connectivity index (χ1v) is 11.2. The van der Waals surface area contributed by atoms with Gasteiger partial charge in [0.1, 0.15) is 6.54 Å². The fourth-order valence-electron chi connectivity index (χ4n) is 2.88. The standard InChI is InChI=1S/C21H15Cl2F3N2O3S/c22-14-10-15(23)12-16(11-14)28(32(30,31)17-6-2-1-3-7-17)13-20(29)27-19-9-5-4-8-18(19)21(24,25)26/h1-12H,13H2,(H,27,29). The second-order valence-corrected chi connectivity index (χ2v) is 9.28. The smallest absolute Gasteiger partial charge is 0.324 e. The zero-order valence-electron chi connectivity index (χ0n) is 16.1. The molecule has 0 saturated heterocycles. The monoisotopic (exact) mass is 502 g/mol. The van der Waals surface area contributed by atoms with Crippen molar-refractivity contribution in [2.45, 2.75) is 11.1 Å². The van der Waals surface area contributed by atoms with E-state index < -0.39 is 39.9 Å². The van der Waals surface area contributed by atoms with Crippen molar-refractivity contribution in [2.75, 3.05) is 16.2 Å². The maximum Gasteiger partial charge on any atom is 0.418 e. The molecule has 0 saturated carbocycles. The number of para-hydroxylation sites is 1. The Morgan fingerprint density at radius 2 is 1.47 bits per heavy atom. The van der Waals surface area contributed by atoms with Gasteiger partial charge in [0.2, 0.25) is 5.91 Å². The molecular weight excluding hydrogens is 488 g/mol. The Morgan fingerprint density at radius 3 is 2.06 bits per heavy atom. The SMILES string of the molecule is O=C(CN(c1cc(Cl)cc(Cl)c1)S(=O)(=O)c1ccccc1)Nc1ccccc1C(F)(F)F. The van der Waals surface area contributed by atoms with Crippen molar-refractivity contribution in [3.05, 3.63) is 88.4 Å². The molecule has 3 aromatic rings. The lowest BCUT2D eigenvalue weighted by Crippen LogP contribution is -2.38. The summed E-state index contributed by atoms with van der Waals surface area (Å²) in [6.45, 7) is -0.819.